The van der Waals surface area contributed by atoms with Crippen LogP contribution in [0.4, 0.5) is 13.2 Å². The molecule has 3 heteroatoms. The summed E-state index contributed by atoms with van der Waals surface area (Å²) in [5.74, 6) is 0.515. The molecule has 0 bridgehead atoms. The van der Waals surface area contributed by atoms with E-state index in [1.807, 2.05) is 0 Å². The van der Waals surface area contributed by atoms with Crippen LogP contribution < -0.4 is 0 Å². The van der Waals surface area contributed by atoms with Crippen molar-refractivity contribution >= 4 is 0 Å². The van der Waals surface area contributed by atoms with Gasteiger partial charge in [-0.15, -0.1) is 0 Å². The van der Waals surface area contributed by atoms with Gasteiger partial charge in [0.1, 0.15) is 0 Å². The van der Waals surface area contributed by atoms with Gasteiger partial charge in [-0.25, -0.2) is 0 Å². The van der Waals surface area contributed by atoms with Gasteiger partial charge in [-0.05, 0) is 30.0 Å². The van der Waals surface area contributed by atoms with Gasteiger partial charge in [-0.2, -0.15) is 13.2 Å². The monoisotopic (exact) mass is 216 g/mol. The van der Waals surface area contributed by atoms with E-state index in [9.17, 15) is 13.2 Å². The largest absolute Gasteiger partial charge is 0.416 e. The van der Waals surface area contributed by atoms with Crippen molar-refractivity contribution in [1.29, 1.82) is 0 Å². The predicted molar refractivity (Wildman–Crippen MR) is 54.6 cm³/mol. The van der Waals surface area contributed by atoms with E-state index in [0.717, 1.165) is 30.5 Å². The zero-order valence-corrected chi connectivity index (χ0v) is 8.93. The Labute approximate surface area is 88.1 Å². The second-order valence-corrected chi connectivity index (χ2v) is 3.91. The zero-order chi connectivity index (χ0) is 11.5. The fraction of sp³-hybridized carbons (Fsp3) is 0.500. The van der Waals surface area contributed by atoms with Gasteiger partial charge in [-0.3, -0.25) is 0 Å². The van der Waals surface area contributed by atoms with Gasteiger partial charge >= 0.3 is 6.18 Å². The van der Waals surface area contributed by atoms with Crippen molar-refractivity contribution in [3.05, 3.63) is 35.4 Å². The first-order valence-electron chi connectivity index (χ1n) is 5.09. The standard InChI is InChI=1S/C12H15F3/c1-3-9(2)8-10-4-6-11(7-5-10)12(13,14)15/h4-7,9H,3,8H2,1-2H3. The zero-order valence-electron chi connectivity index (χ0n) is 8.93. The van der Waals surface area contributed by atoms with E-state index in [0.29, 0.717) is 5.92 Å². The SMILES string of the molecule is CCC(C)Cc1ccc(C(F)(F)F)cc1. The summed E-state index contributed by atoms with van der Waals surface area (Å²) < 4.78 is 36.7. The van der Waals surface area contributed by atoms with Crippen molar-refractivity contribution < 1.29 is 13.2 Å². The van der Waals surface area contributed by atoms with Crippen LogP contribution in [-0.2, 0) is 12.6 Å². The Morgan fingerprint density at radius 1 is 1.13 bits per heavy atom. The van der Waals surface area contributed by atoms with Crippen LogP contribution >= 0.6 is 0 Å². The highest BCUT2D eigenvalue weighted by Crippen LogP contribution is 2.29. The molecule has 0 aliphatic rings. The first kappa shape index (κ1) is 12.1. The van der Waals surface area contributed by atoms with E-state index in [-0.39, 0.29) is 0 Å². The predicted octanol–water partition coefficient (Wildman–Crippen LogP) is 4.29. The van der Waals surface area contributed by atoms with Crippen LogP contribution in [0.25, 0.3) is 0 Å². The fourth-order valence-electron chi connectivity index (χ4n) is 1.38. The second-order valence-electron chi connectivity index (χ2n) is 3.91. The molecule has 0 N–H and O–H groups in total. The second kappa shape index (κ2) is 4.69. The quantitative estimate of drug-likeness (QED) is 0.706. The van der Waals surface area contributed by atoms with Gasteiger partial charge in [0.05, 0.1) is 5.56 Å². The topological polar surface area (TPSA) is 0 Å². The van der Waals surface area contributed by atoms with Gasteiger partial charge in [0.2, 0.25) is 0 Å². The number of alkyl halides is 3. The molecule has 1 atom stereocenters. The molecule has 0 aromatic heterocycles. The first-order chi connectivity index (χ1) is 6.93. The maximum Gasteiger partial charge on any atom is 0.416 e. The van der Waals surface area contributed by atoms with Gasteiger partial charge < -0.3 is 0 Å². The fourth-order valence-corrected chi connectivity index (χ4v) is 1.38. The van der Waals surface area contributed by atoms with E-state index in [1.165, 1.54) is 0 Å². The molecule has 0 spiro atoms. The van der Waals surface area contributed by atoms with Gasteiger partial charge in [0.15, 0.2) is 0 Å². The number of halogens is 3. The van der Waals surface area contributed by atoms with E-state index < -0.39 is 11.7 Å². The molecule has 0 saturated carbocycles. The average Bonchev–Trinajstić information content (AvgIpc) is 2.17. The molecular weight excluding hydrogens is 201 g/mol. The van der Waals surface area contributed by atoms with Crippen LogP contribution in [0.3, 0.4) is 0 Å². The number of benzene rings is 1. The van der Waals surface area contributed by atoms with Gasteiger partial charge in [-0.1, -0.05) is 32.4 Å². The minimum Gasteiger partial charge on any atom is -0.166 e. The highest BCUT2D eigenvalue weighted by Gasteiger charge is 2.29. The molecule has 0 saturated heterocycles. The molecule has 84 valence electrons. The maximum atomic E-state index is 12.2. The van der Waals surface area contributed by atoms with E-state index in [1.54, 1.807) is 12.1 Å². The van der Waals surface area contributed by atoms with Crippen molar-refractivity contribution in [2.45, 2.75) is 32.9 Å². The van der Waals surface area contributed by atoms with Crippen LogP contribution in [0.1, 0.15) is 31.4 Å². The van der Waals surface area contributed by atoms with Gasteiger partial charge in [0, 0.05) is 0 Å². The molecular formula is C12H15F3. The number of hydrogen-bond acceptors (Lipinski definition) is 0. The smallest absolute Gasteiger partial charge is 0.166 e. The third-order valence-electron chi connectivity index (χ3n) is 2.56. The lowest BCUT2D eigenvalue weighted by molar-refractivity contribution is -0.137. The first-order valence-corrected chi connectivity index (χ1v) is 5.09. The van der Waals surface area contributed by atoms with Crippen LogP contribution in [0.15, 0.2) is 24.3 Å². The Morgan fingerprint density at radius 2 is 1.67 bits per heavy atom. The highest BCUT2D eigenvalue weighted by atomic mass is 19.4. The maximum absolute atomic E-state index is 12.2. The number of hydrogen-bond donors (Lipinski definition) is 0. The third kappa shape index (κ3) is 3.57. The molecule has 0 radical (unpaired) electrons. The van der Waals surface area contributed by atoms with Crippen LogP contribution in [0, 0.1) is 5.92 Å². The summed E-state index contributed by atoms with van der Waals surface area (Å²) in [5, 5.41) is 0. The summed E-state index contributed by atoms with van der Waals surface area (Å²) in [6, 6.07) is 5.43. The van der Waals surface area contributed by atoms with E-state index in [2.05, 4.69) is 13.8 Å². The Morgan fingerprint density at radius 3 is 2.07 bits per heavy atom. The van der Waals surface area contributed by atoms with Crippen LogP contribution in [0.5, 0.6) is 0 Å². The van der Waals surface area contributed by atoms with Crippen LogP contribution in [0.2, 0.25) is 0 Å². The molecule has 0 aliphatic heterocycles. The summed E-state index contributed by atoms with van der Waals surface area (Å²) in [5.41, 5.74) is 0.396. The average molecular weight is 216 g/mol. The van der Waals surface area contributed by atoms with Gasteiger partial charge in [0.25, 0.3) is 0 Å². The molecule has 0 heterocycles. The van der Waals surface area contributed by atoms with Crippen molar-refractivity contribution in [1.82, 2.24) is 0 Å². The summed E-state index contributed by atoms with van der Waals surface area (Å²) in [4.78, 5) is 0. The van der Waals surface area contributed by atoms with Crippen molar-refractivity contribution in [3.63, 3.8) is 0 Å². The summed E-state index contributed by atoms with van der Waals surface area (Å²) in [7, 11) is 0. The van der Waals surface area contributed by atoms with Crippen molar-refractivity contribution in [2.24, 2.45) is 5.92 Å². The Hall–Kier alpha value is -0.990. The summed E-state index contributed by atoms with van der Waals surface area (Å²) >= 11 is 0. The normalized spacial score (nSPS) is 13.9. The molecule has 1 rings (SSSR count). The lowest BCUT2D eigenvalue weighted by atomic mass is 9.98. The molecule has 1 aromatic carbocycles. The molecule has 1 unspecified atom stereocenters. The Bertz CT molecular complexity index is 298. The van der Waals surface area contributed by atoms with E-state index >= 15 is 0 Å². The van der Waals surface area contributed by atoms with Crippen LogP contribution in [-0.4, -0.2) is 0 Å². The lowest BCUT2D eigenvalue weighted by Gasteiger charge is -2.10. The molecule has 0 amide bonds. The third-order valence-corrected chi connectivity index (χ3v) is 2.56. The molecule has 0 nitrogen and oxygen atoms in total. The molecule has 1 aromatic rings. The van der Waals surface area contributed by atoms with Crippen molar-refractivity contribution in [3.8, 4) is 0 Å². The number of rotatable bonds is 3. The summed E-state index contributed by atoms with van der Waals surface area (Å²) in [6.45, 7) is 4.17. The van der Waals surface area contributed by atoms with E-state index in [4.69, 9.17) is 0 Å². The Kier molecular flexibility index (Phi) is 3.77. The molecule has 15 heavy (non-hydrogen) atoms. The minimum absolute atomic E-state index is 0.515. The summed E-state index contributed by atoms with van der Waals surface area (Å²) in [6.07, 6.45) is -2.34. The lowest BCUT2D eigenvalue weighted by Crippen LogP contribution is -2.05. The Balaban J connectivity index is 2.73. The van der Waals surface area contributed by atoms with Crippen molar-refractivity contribution in [2.75, 3.05) is 0 Å². The molecule has 0 fully saturated rings. The molecule has 0 aliphatic carbocycles. The highest BCUT2D eigenvalue weighted by molar-refractivity contribution is 5.24. The minimum atomic E-state index is -4.23.